The summed E-state index contributed by atoms with van der Waals surface area (Å²) in [4.78, 5) is 15.7. The van der Waals surface area contributed by atoms with Crippen molar-refractivity contribution in [1.82, 2.24) is 15.1 Å². The molecule has 7 unspecified atom stereocenters. The van der Waals surface area contributed by atoms with Crippen molar-refractivity contribution in [3.8, 4) is 0 Å². The Balaban J connectivity index is 3.28. The van der Waals surface area contributed by atoms with Crippen LogP contribution in [0.1, 0.15) is 60.8 Å². The highest BCUT2D eigenvalue weighted by Crippen LogP contribution is 2.36. The van der Waals surface area contributed by atoms with Gasteiger partial charge in [0.25, 0.3) is 0 Å². The summed E-state index contributed by atoms with van der Waals surface area (Å²) in [6, 6.07) is -0.360. The van der Waals surface area contributed by atoms with E-state index < -0.39 is 54.2 Å². The van der Waals surface area contributed by atoms with Crippen LogP contribution in [0.4, 0.5) is 0 Å². The number of hydrogen-bond donors (Lipinski definition) is 5. The molecule has 1 heterocycles. The number of nitrogens with one attached hydrogen (secondary N) is 1. The Kier molecular flexibility index (Phi) is 18.6. The molecule has 1 fully saturated rings. The molecule has 1 saturated heterocycles. The van der Waals surface area contributed by atoms with E-state index in [9.17, 15) is 25.2 Å². The van der Waals surface area contributed by atoms with Crippen molar-refractivity contribution in [2.45, 2.75) is 121 Å². The van der Waals surface area contributed by atoms with E-state index in [1.807, 2.05) is 53.9 Å². The molecule has 5 N–H and O–H groups in total. The summed E-state index contributed by atoms with van der Waals surface area (Å²) in [5.74, 6) is -1.35. The molecule has 1 aliphatic heterocycles. The van der Waals surface area contributed by atoms with Gasteiger partial charge >= 0.3 is 0 Å². The second-order valence-electron chi connectivity index (χ2n) is 13.6. The van der Waals surface area contributed by atoms with Gasteiger partial charge in [-0.3, -0.25) is 0 Å². The summed E-state index contributed by atoms with van der Waals surface area (Å²) >= 11 is 0. The largest absolute Gasteiger partial charge is 0.392 e. The first-order chi connectivity index (χ1) is 20.5. The molecule has 0 aliphatic carbocycles. The van der Waals surface area contributed by atoms with E-state index in [0.29, 0.717) is 25.9 Å². The summed E-state index contributed by atoms with van der Waals surface area (Å²) in [6.45, 7) is 12.8. The Morgan fingerprint density at radius 1 is 1.11 bits per heavy atom. The fraction of sp³-hybridized carbons (Fsp3) is 0.969. The van der Waals surface area contributed by atoms with Crippen molar-refractivity contribution < 1.29 is 44.2 Å². The standard InChI is InChI=1S/C32H65N3O9/c1-20(17-35(10)24(5)28(39)26(37)19-41-11)16-32(6,40)30(23(4)27(38)21(2)18-36)44-31-29(42-14-12-13-33-7)25(34(8)9)15-22(3)43-31/h18,20-31,33,37-40H,12-17,19H2,1-11H3/t20-,21?,22?,23+,24?,25?,26?,27-,28?,29-,30-,31?,32-/m1/s1. The van der Waals surface area contributed by atoms with Gasteiger partial charge in [0.1, 0.15) is 18.5 Å². The molecule has 1 aliphatic rings. The summed E-state index contributed by atoms with van der Waals surface area (Å²) in [7, 11) is 9.23. The highest BCUT2D eigenvalue weighted by molar-refractivity contribution is 5.53. The zero-order valence-electron chi connectivity index (χ0n) is 29.2. The lowest BCUT2D eigenvalue weighted by molar-refractivity contribution is -0.306. The maximum atomic E-state index is 12.1. The predicted molar refractivity (Wildman–Crippen MR) is 170 cm³/mol. The van der Waals surface area contributed by atoms with Crippen LogP contribution in [0.25, 0.3) is 0 Å². The lowest BCUT2D eigenvalue weighted by Crippen LogP contribution is -2.59. The van der Waals surface area contributed by atoms with Gasteiger partial charge in [-0.15, -0.1) is 0 Å². The maximum Gasteiger partial charge on any atom is 0.186 e. The van der Waals surface area contributed by atoms with Gasteiger partial charge < -0.3 is 59.3 Å². The number of aldehydes is 1. The molecule has 0 radical (unpaired) electrons. The normalized spacial score (nSPS) is 28.1. The number of aliphatic hydroxyl groups is 4. The SMILES string of the molecule is CNCCCO[C@H]1C(O[C@H]([C@@H](C)[C@H](O)C(C)C=O)[C@](C)(O)C[C@@H](C)CN(C)C(C)C(O)C(O)COC)OC(C)CC1N(C)C. The second kappa shape index (κ2) is 19.8. The Morgan fingerprint density at radius 3 is 2.30 bits per heavy atom. The van der Waals surface area contributed by atoms with E-state index >= 15 is 0 Å². The molecule has 13 atom stereocenters. The fourth-order valence-corrected chi connectivity index (χ4v) is 6.41. The molecule has 12 heteroatoms. The monoisotopic (exact) mass is 635 g/mol. The van der Waals surface area contributed by atoms with Crippen molar-refractivity contribution in [1.29, 1.82) is 0 Å². The summed E-state index contributed by atoms with van der Waals surface area (Å²) in [5.41, 5.74) is -1.44. The minimum absolute atomic E-state index is 0.00649. The van der Waals surface area contributed by atoms with Crippen LogP contribution < -0.4 is 5.32 Å². The third-order valence-corrected chi connectivity index (χ3v) is 9.08. The molecule has 0 aromatic carbocycles. The topological polar surface area (TPSA) is 153 Å². The molecular weight excluding hydrogens is 570 g/mol. The number of rotatable bonds is 22. The van der Waals surface area contributed by atoms with Crippen LogP contribution in [-0.2, 0) is 23.7 Å². The van der Waals surface area contributed by atoms with Crippen LogP contribution in [0, 0.1) is 17.8 Å². The van der Waals surface area contributed by atoms with Crippen molar-refractivity contribution in [3.63, 3.8) is 0 Å². The highest BCUT2D eigenvalue weighted by Gasteiger charge is 2.47. The maximum absolute atomic E-state index is 12.1. The van der Waals surface area contributed by atoms with Gasteiger partial charge in [0, 0.05) is 44.2 Å². The van der Waals surface area contributed by atoms with E-state index in [1.165, 1.54) is 7.11 Å². The Bertz CT molecular complexity index is 792. The Morgan fingerprint density at radius 2 is 1.75 bits per heavy atom. The molecule has 1 rings (SSSR count). The number of likely N-dealkylation sites (N-methyl/N-ethyl adjacent to an activating group) is 2. The summed E-state index contributed by atoms with van der Waals surface area (Å²) in [5, 5.41) is 47.1. The number of ether oxygens (including phenoxy) is 4. The Hall–Kier alpha value is -0.770. The van der Waals surface area contributed by atoms with Gasteiger partial charge in [-0.05, 0) is 80.7 Å². The molecule has 262 valence electrons. The molecule has 0 aromatic rings. The molecule has 0 amide bonds. The van der Waals surface area contributed by atoms with Crippen LogP contribution in [0.5, 0.6) is 0 Å². The third-order valence-electron chi connectivity index (χ3n) is 9.08. The Labute approximate surface area is 266 Å². The fourth-order valence-electron chi connectivity index (χ4n) is 6.41. The molecule has 44 heavy (non-hydrogen) atoms. The van der Waals surface area contributed by atoms with Crippen LogP contribution in [0.2, 0.25) is 0 Å². The number of carbonyl (C=O) groups is 1. The average molecular weight is 636 g/mol. The quantitative estimate of drug-likeness (QED) is 0.0842. The molecule has 0 aromatic heterocycles. The van der Waals surface area contributed by atoms with Crippen LogP contribution in [0.15, 0.2) is 0 Å². The van der Waals surface area contributed by atoms with E-state index in [1.54, 1.807) is 20.8 Å². The third kappa shape index (κ3) is 12.4. The summed E-state index contributed by atoms with van der Waals surface area (Å²) in [6.07, 6.45) is -2.80. The van der Waals surface area contributed by atoms with E-state index in [4.69, 9.17) is 18.9 Å². The zero-order chi connectivity index (χ0) is 33.8. The number of aliphatic hydroxyl groups excluding tert-OH is 3. The highest BCUT2D eigenvalue weighted by atomic mass is 16.7. The first-order valence-corrected chi connectivity index (χ1v) is 16.2. The number of nitrogens with zero attached hydrogens (tertiary/aromatic N) is 2. The van der Waals surface area contributed by atoms with E-state index in [0.717, 1.165) is 19.4 Å². The van der Waals surface area contributed by atoms with Crippen LogP contribution >= 0.6 is 0 Å². The van der Waals surface area contributed by atoms with Gasteiger partial charge in [0.05, 0.1) is 36.6 Å². The van der Waals surface area contributed by atoms with Gasteiger partial charge in [0.15, 0.2) is 6.29 Å². The zero-order valence-corrected chi connectivity index (χ0v) is 29.2. The van der Waals surface area contributed by atoms with Crippen LogP contribution in [0.3, 0.4) is 0 Å². The smallest absolute Gasteiger partial charge is 0.186 e. The lowest BCUT2D eigenvalue weighted by Gasteiger charge is -2.48. The van der Waals surface area contributed by atoms with Gasteiger partial charge in [-0.25, -0.2) is 0 Å². The molecule has 0 saturated carbocycles. The molecular formula is C32H65N3O9. The van der Waals surface area contributed by atoms with Gasteiger partial charge in [0.2, 0.25) is 0 Å². The summed E-state index contributed by atoms with van der Waals surface area (Å²) < 4.78 is 24.4. The van der Waals surface area contributed by atoms with E-state index in [-0.39, 0.29) is 30.7 Å². The predicted octanol–water partition coefficient (Wildman–Crippen LogP) is 0.729. The molecule has 12 nitrogen and oxygen atoms in total. The minimum atomic E-state index is -1.44. The first-order valence-electron chi connectivity index (χ1n) is 16.2. The van der Waals surface area contributed by atoms with Crippen LogP contribution in [-0.4, -0.2) is 159 Å². The van der Waals surface area contributed by atoms with Crippen molar-refractivity contribution in [3.05, 3.63) is 0 Å². The van der Waals surface area contributed by atoms with Gasteiger partial charge in [-0.2, -0.15) is 0 Å². The number of carbonyl (C=O) groups excluding carboxylic acids is 1. The molecule has 0 spiro atoms. The van der Waals surface area contributed by atoms with Crippen molar-refractivity contribution >= 4 is 6.29 Å². The average Bonchev–Trinajstić information content (AvgIpc) is 2.95. The minimum Gasteiger partial charge on any atom is -0.392 e. The number of methoxy groups -OCH3 is 1. The van der Waals surface area contributed by atoms with Crippen molar-refractivity contribution in [2.24, 2.45) is 17.8 Å². The first kappa shape index (κ1) is 41.3. The molecule has 0 bridgehead atoms. The van der Waals surface area contributed by atoms with E-state index in [2.05, 4.69) is 10.2 Å². The lowest BCUT2D eigenvalue weighted by atomic mass is 9.78. The number of hydrogen-bond acceptors (Lipinski definition) is 12. The van der Waals surface area contributed by atoms with Crippen molar-refractivity contribution in [2.75, 3.05) is 61.6 Å². The second-order valence-corrected chi connectivity index (χ2v) is 13.6. The van der Waals surface area contributed by atoms with Gasteiger partial charge in [-0.1, -0.05) is 20.8 Å².